The van der Waals surface area contributed by atoms with Gasteiger partial charge in [0.2, 0.25) is 0 Å². The summed E-state index contributed by atoms with van der Waals surface area (Å²) in [5.74, 6) is 0.682. The maximum Gasteiger partial charge on any atom is 0.0506 e. The Hall–Kier alpha value is -1.38. The molecule has 0 spiro atoms. The molecule has 0 aliphatic carbocycles. The average Bonchev–Trinajstić information content (AvgIpc) is 2.55. The second kappa shape index (κ2) is 6.80. The van der Waals surface area contributed by atoms with E-state index < -0.39 is 0 Å². The van der Waals surface area contributed by atoms with E-state index in [1.165, 1.54) is 29.2 Å². The molecule has 22 heavy (non-hydrogen) atoms. The van der Waals surface area contributed by atoms with Crippen LogP contribution < -0.4 is 5.32 Å². The molecule has 0 aromatic heterocycles. The van der Waals surface area contributed by atoms with Crippen molar-refractivity contribution in [2.75, 3.05) is 26.3 Å². The molecular formula is C20H27NO. The largest absolute Gasteiger partial charge is 0.381 e. The zero-order chi connectivity index (χ0) is 15.4. The molecule has 0 bridgehead atoms. The van der Waals surface area contributed by atoms with Gasteiger partial charge < -0.3 is 10.1 Å². The minimum absolute atomic E-state index is 0.138. The fraction of sp³-hybridized carbons (Fsp3) is 0.500. The second-order valence-corrected chi connectivity index (χ2v) is 7.16. The van der Waals surface area contributed by atoms with E-state index in [0.717, 1.165) is 26.3 Å². The number of rotatable bonds is 5. The molecule has 3 rings (SSSR count). The van der Waals surface area contributed by atoms with Crippen LogP contribution in [0.3, 0.4) is 0 Å². The molecule has 1 heterocycles. The van der Waals surface area contributed by atoms with Crippen LogP contribution in [0.2, 0.25) is 0 Å². The number of ether oxygens (including phenoxy) is 1. The van der Waals surface area contributed by atoms with Crippen molar-refractivity contribution in [3.8, 4) is 0 Å². The van der Waals surface area contributed by atoms with Gasteiger partial charge in [0, 0.05) is 25.1 Å². The molecule has 2 heteroatoms. The van der Waals surface area contributed by atoms with Crippen molar-refractivity contribution < 1.29 is 4.74 Å². The van der Waals surface area contributed by atoms with Gasteiger partial charge in [-0.1, -0.05) is 56.3 Å². The van der Waals surface area contributed by atoms with Gasteiger partial charge in [0.05, 0.1) is 6.61 Å². The molecular weight excluding hydrogens is 270 g/mol. The van der Waals surface area contributed by atoms with Crippen molar-refractivity contribution in [3.05, 3.63) is 48.0 Å². The summed E-state index contributed by atoms with van der Waals surface area (Å²) in [5, 5.41) is 6.30. The summed E-state index contributed by atoms with van der Waals surface area (Å²) in [5.41, 5.74) is 1.54. The summed E-state index contributed by atoms with van der Waals surface area (Å²) in [6.45, 7) is 8.57. The van der Waals surface area contributed by atoms with Crippen molar-refractivity contribution in [2.45, 2.75) is 32.1 Å². The zero-order valence-corrected chi connectivity index (χ0v) is 13.8. The maximum atomic E-state index is 5.56. The number of fused-ring (bicyclic) bond motifs is 1. The monoisotopic (exact) mass is 297 g/mol. The van der Waals surface area contributed by atoms with Crippen molar-refractivity contribution in [3.63, 3.8) is 0 Å². The van der Waals surface area contributed by atoms with Gasteiger partial charge in [-0.05, 0) is 35.1 Å². The van der Waals surface area contributed by atoms with Crippen LogP contribution in [0, 0.1) is 5.92 Å². The van der Waals surface area contributed by atoms with E-state index in [-0.39, 0.29) is 5.41 Å². The number of hydrogen-bond donors (Lipinski definition) is 1. The van der Waals surface area contributed by atoms with Gasteiger partial charge in [-0.15, -0.1) is 0 Å². The minimum Gasteiger partial charge on any atom is -0.381 e. The highest BCUT2D eigenvalue weighted by Crippen LogP contribution is 2.26. The Labute approximate surface area is 133 Å². The van der Waals surface area contributed by atoms with Crippen LogP contribution in [0.15, 0.2) is 42.5 Å². The van der Waals surface area contributed by atoms with E-state index >= 15 is 0 Å². The van der Waals surface area contributed by atoms with Crippen LogP contribution in [-0.4, -0.2) is 26.3 Å². The van der Waals surface area contributed by atoms with Crippen LogP contribution in [0.25, 0.3) is 10.8 Å². The fourth-order valence-electron chi connectivity index (χ4n) is 3.27. The third-order valence-corrected chi connectivity index (χ3v) is 4.79. The first kappa shape index (κ1) is 15.5. The molecule has 2 aromatic rings. The minimum atomic E-state index is 0.138. The third-order valence-electron chi connectivity index (χ3n) is 4.79. The van der Waals surface area contributed by atoms with Gasteiger partial charge in [0.25, 0.3) is 0 Å². The van der Waals surface area contributed by atoms with Gasteiger partial charge in [-0.25, -0.2) is 0 Å². The first-order chi connectivity index (χ1) is 10.6. The highest BCUT2D eigenvalue weighted by molar-refractivity contribution is 5.83. The summed E-state index contributed by atoms with van der Waals surface area (Å²) in [6.07, 6.45) is 2.50. The van der Waals surface area contributed by atoms with E-state index in [4.69, 9.17) is 4.74 Å². The predicted molar refractivity (Wildman–Crippen MR) is 93.4 cm³/mol. The molecule has 2 aromatic carbocycles. The highest BCUT2D eigenvalue weighted by atomic mass is 16.5. The lowest BCUT2D eigenvalue weighted by Gasteiger charge is -2.28. The van der Waals surface area contributed by atoms with Crippen molar-refractivity contribution in [1.82, 2.24) is 5.32 Å². The normalized spacial score (nSPS) is 19.5. The number of hydrogen-bond acceptors (Lipinski definition) is 2. The second-order valence-electron chi connectivity index (χ2n) is 7.16. The predicted octanol–water partition coefficient (Wildman–Crippen LogP) is 4.13. The van der Waals surface area contributed by atoms with Gasteiger partial charge in [-0.3, -0.25) is 0 Å². The summed E-state index contributed by atoms with van der Waals surface area (Å²) in [4.78, 5) is 0. The molecule has 1 fully saturated rings. The summed E-state index contributed by atoms with van der Waals surface area (Å²) in [6, 6.07) is 15.4. The van der Waals surface area contributed by atoms with Gasteiger partial charge >= 0.3 is 0 Å². The van der Waals surface area contributed by atoms with E-state index in [1.807, 2.05) is 0 Å². The highest BCUT2D eigenvalue weighted by Gasteiger charge is 2.21. The lowest BCUT2D eigenvalue weighted by molar-refractivity contribution is 0.0545. The molecule has 1 aliphatic rings. The van der Waals surface area contributed by atoms with E-state index in [1.54, 1.807) is 0 Å². The van der Waals surface area contributed by atoms with E-state index in [9.17, 15) is 0 Å². The van der Waals surface area contributed by atoms with Gasteiger partial charge in [0.1, 0.15) is 0 Å². The Bertz CT molecular complexity index is 614. The Morgan fingerprint density at radius 2 is 1.95 bits per heavy atom. The molecule has 0 amide bonds. The molecule has 118 valence electrons. The first-order valence-electron chi connectivity index (χ1n) is 8.43. The van der Waals surface area contributed by atoms with Gasteiger partial charge in [-0.2, -0.15) is 0 Å². The Morgan fingerprint density at radius 1 is 1.14 bits per heavy atom. The van der Waals surface area contributed by atoms with Crippen LogP contribution in [0.1, 0.15) is 32.3 Å². The molecule has 1 saturated heterocycles. The summed E-state index contributed by atoms with van der Waals surface area (Å²) >= 11 is 0. The van der Waals surface area contributed by atoms with Crippen molar-refractivity contribution in [2.24, 2.45) is 5.92 Å². The van der Waals surface area contributed by atoms with Crippen molar-refractivity contribution in [1.29, 1.82) is 0 Å². The molecule has 0 radical (unpaired) electrons. The van der Waals surface area contributed by atoms with Crippen molar-refractivity contribution >= 4 is 10.8 Å². The van der Waals surface area contributed by atoms with E-state index in [2.05, 4.69) is 61.6 Å². The van der Waals surface area contributed by atoms with Crippen LogP contribution >= 0.6 is 0 Å². The third kappa shape index (κ3) is 3.68. The molecule has 1 atom stereocenters. The Morgan fingerprint density at radius 3 is 2.73 bits per heavy atom. The maximum absolute atomic E-state index is 5.56. The molecule has 1 unspecified atom stereocenters. The van der Waals surface area contributed by atoms with Crippen LogP contribution in [-0.2, 0) is 10.2 Å². The first-order valence-corrected chi connectivity index (χ1v) is 8.43. The number of nitrogens with one attached hydrogen (secondary N) is 1. The molecule has 1 N–H and O–H groups in total. The lowest BCUT2D eigenvalue weighted by Crippen LogP contribution is -2.37. The Balaban J connectivity index is 1.62. The Kier molecular flexibility index (Phi) is 4.80. The summed E-state index contributed by atoms with van der Waals surface area (Å²) in [7, 11) is 0. The lowest BCUT2D eigenvalue weighted by atomic mass is 9.83. The average molecular weight is 297 g/mol. The van der Waals surface area contributed by atoms with Gasteiger partial charge in [0.15, 0.2) is 0 Å². The van der Waals surface area contributed by atoms with Crippen LogP contribution in [0.5, 0.6) is 0 Å². The number of benzene rings is 2. The SMILES string of the molecule is CC(C)(CNCC1CCCOC1)c1ccc2ccccc2c1. The molecule has 1 aliphatic heterocycles. The van der Waals surface area contributed by atoms with Crippen LogP contribution in [0.4, 0.5) is 0 Å². The molecule has 0 saturated carbocycles. The topological polar surface area (TPSA) is 21.3 Å². The summed E-state index contributed by atoms with van der Waals surface area (Å²) < 4.78 is 5.56. The smallest absolute Gasteiger partial charge is 0.0506 e. The fourth-order valence-corrected chi connectivity index (χ4v) is 3.27. The van der Waals surface area contributed by atoms with E-state index in [0.29, 0.717) is 5.92 Å². The zero-order valence-electron chi connectivity index (χ0n) is 13.8. The quantitative estimate of drug-likeness (QED) is 0.896. The standard InChI is InChI=1S/C20H27NO/c1-20(2,15-21-13-16-6-5-11-22-14-16)19-10-9-17-7-3-4-8-18(17)12-19/h3-4,7-10,12,16,21H,5-6,11,13-15H2,1-2H3. The molecule has 2 nitrogen and oxygen atoms in total.